The molecule has 1 fully saturated rings. The highest BCUT2D eigenvalue weighted by Crippen LogP contribution is 2.43. The first-order chi connectivity index (χ1) is 8.61. The second-order valence-electron chi connectivity index (χ2n) is 5.31. The fourth-order valence-corrected chi connectivity index (χ4v) is 3.36. The maximum Gasteiger partial charge on any atom is 0.123 e. The maximum absolute atomic E-state index is 6.65. The predicted molar refractivity (Wildman–Crippen MR) is 77.7 cm³/mol. The topological polar surface area (TPSA) is 9.23 Å². The molecule has 0 amide bonds. The summed E-state index contributed by atoms with van der Waals surface area (Å²) in [6, 6.07) is 5.69. The Bertz CT molecular complexity index is 397. The van der Waals surface area contributed by atoms with E-state index in [2.05, 4.69) is 6.92 Å². The molecule has 0 heterocycles. The molecule has 2 rings (SSSR count). The maximum atomic E-state index is 6.65. The van der Waals surface area contributed by atoms with E-state index in [4.69, 9.17) is 27.9 Å². The van der Waals surface area contributed by atoms with Crippen molar-refractivity contribution in [2.45, 2.75) is 38.0 Å². The minimum Gasteiger partial charge on any atom is -0.496 e. The minimum atomic E-state index is 0.00569. The quantitative estimate of drug-likeness (QED) is 0.671. The lowest BCUT2D eigenvalue weighted by Crippen LogP contribution is -2.17. The molecule has 1 aliphatic rings. The third kappa shape index (κ3) is 3.13. The molecule has 0 aliphatic heterocycles. The molecule has 1 aliphatic carbocycles. The van der Waals surface area contributed by atoms with Crippen LogP contribution < -0.4 is 4.74 Å². The number of hydrogen-bond donors (Lipinski definition) is 0. The fourth-order valence-electron chi connectivity index (χ4n) is 2.75. The smallest absolute Gasteiger partial charge is 0.123 e. The van der Waals surface area contributed by atoms with Gasteiger partial charge in [-0.2, -0.15) is 0 Å². The molecule has 1 aromatic rings. The number of halogens is 2. The molecule has 0 bridgehead atoms. The molecule has 1 nitrogen and oxygen atoms in total. The van der Waals surface area contributed by atoms with Gasteiger partial charge < -0.3 is 4.74 Å². The Hall–Kier alpha value is -0.400. The van der Waals surface area contributed by atoms with Crippen LogP contribution >= 0.6 is 23.2 Å². The Labute approximate surface area is 119 Å². The van der Waals surface area contributed by atoms with Gasteiger partial charge in [0.15, 0.2) is 0 Å². The molecule has 100 valence electrons. The molecule has 0 N–H and O–H groups in total. The Balaban J connectivity index is 2.17. The lowest BCUT2D eigenvalue weighted by atomic mass is 9.79. The molecule has 18 heavy (non-hydrogen) atoms. The standard InChI is InChI=1S/C15H20Cl2O/c1-10-3-5-11(6-4-10)15(17)13-9-12(16)7-8-14(13)18-2/h7-11,15H,3-6H2,1-2H3. The molecular weight excluding hydrogens is 267 g/mol. The zero-order valence-corrected chi connectivity index (χ0v) is 12.5. The van der Waals surface area contributed by atoms with Crippen molar-refractivity contribution in [3.05, 3.63) is 28.8 Å². The molecule has 0 aromatic heterocycles. The third-order valence-corrected chi connectivity index (χ3v) is 4.79. The lowest BCUT2D eigenvalue weighted by molar-refractivity contribution is 0.280. The largest absolute Gasteiger partial charge is 0.496 e. The normalized spacial score (nSPS) is 25.8. The van der Waals surface area contributed by atoms with Gasteiger partial charge in [-0.25, -0.2) is 0 Å². The highest BCUT2D eigenvalue weighted by Gasteiger charge is 2.27. The second kappa shape index (κ2) is 6.16. The van der Waals surface area contributed by atoms with Crippen molar-refractivity contribution in [3.63, 3.8) is 0 Å². The number of benzene rings is 1. The first-order valence-corrected chi connectivity index (χ1v) is 7.40. The van der Waals surface area contributed by atoms with Crippen LogP contribution in [0, 0.1) is 11.8 Å². The fraction of sp³-hybridized carbons (Fsp3) is 0.600. The first kappa shape index (κ1) is 14.0. The zero-order chi connectivity index (χ0) is 13.1. The van der Waals surface area contributed by atoms with E-state index >= 15 is 0 Å². The summed E-state index contributed by atoms with van der Waals surface area (Å²) < 4.78 is 5.39. The Morgan fingerprint density at radius 3 is 2.50 bits per heavy atom. The Kier molecular flexibility index (Phi) is 4.80. The molecule has 1 unspecified atom stereocenters. The number of hydrogen-bond acceptors (Lipinski definition) is 1. The minimum absolute atomic E-state index is 0.00569. The van der Waals surface area contributed by atoms with Crippen LogP contribution in [0.25, 0.3) is 0 Å². The molecule has 3 heteroatoms. The van der Waals surface area contributed by atoms with E-state index in [0.29, 0.717) is 5.92 Å². The predicted octanol–water partition coefficient (Wildman–Crippen LogP) is 5.45. The van der Waals surface area contributed by atoms with Gasteiger partial charge in [0.1, 0.15) is 5.75 Å². The van der Waals surface area contributed by atoms with E-state index < -0.39 is 0 Å². The monoisotopic (exact) mass is 286 g/mol. The van der Waals surface area contributed by atoms with E-state index in [1.165, 1.54) is 25.7 Å². The summed E-state index contributed by atoms with van der Waals surface area (Å²) in [4.78, 5) is 0. The highest BCUT2D eigenvalue weighted by atomic mass is 35.5. The SMILES string of the molecule is COc1ccc(Cl)cc1C(Cl)C1CCC(C)CC1. The van der Waals surface area contributed by atoms with Crippen molar-refractivity contribution in [2.24, 2.45) is 11.8 Å². The van der Waals surface area contributed by atoms with E-state index in [-0.39, 0.29) is 5.38 Å². The average molecular weight is 287 g/mol. The van der Waals surface area contributed by atoms with Gasteiger partial charge in [0, 0.05) is 10.6 Å². The van der Waals surface area contributed by atoms with Gasteiger partial charge in [-0.3, -0.25) is 0 Å². The summed E-state index contributed by atoms with van der Waals surface area (Å²) in [7, 11) is 1.68. The summed E-state index contributed by atoms with van der Waals surface area (Å²) in [5, 5.41) is 0.728. The number of alkyl halides is 1. The Morgan fingerprint density at radius 2 is 1.89 bits per heavy atom. The molecule has 0 spiro atoms. The van der Waals surface area contributed by atoms with Crippen molar-refractivity contribution in [1.82, 2.24) is 0 Å². The van der Waals surface area contributed by atoms with E-state index in [9.17, 15) is 0 Å². The number of ether oxygens (including phenoxy) is 1. The number of rotatable bonds is 3. The van der Waals surface area contributed by atoms with Crippen molar-refractivity contribution in [2.75, 3.05) is 7.11 Å². The van der Waals surface area contributed by atoms with Crippen LogP contribution in [-0.4, -0.2) is 7.11 Å². The van der Waals surface area contributed by atoms with Crippen molar-refractivity contribution >= 4 is 23.2 Å². The summed E-state index contributed by atoms with van der Waals surface area (Å²) in [6.07, 6.45) is 4.95. The summed E-state index contributed by atoms with van der Waals surface area (Å²) in [5.74, 6) is 2.22. The van der Waals surface area contributed by atoms with Gasteiger partial charge in [-0.05, 0) is 42.9 Å². The summed E-state index contributed by atoms with van der Waals surface area (Å²) in [5.41, 5.74) is 1.03. The van der Waals surface area contributed by atoms with Gasteiger partial charge in [-0.15, -0.1) is 11.6 Å². The molecule has 0 saturated heterocycles. The highest BCUT2D eigenvalue weighted by molar-refractivity contribution is 6.31. The Morgan fingerprint density at radius 1 is 1.22 bits per heavy atom. The molecule has 1 atom stereocenters. The van der Waals surface area contributed by atoms with Gasteiger partial charge in [-0.1, -0.05) is 31.4 Å². The van der Waals surface area contributed by atoms with Crippen molar-refractivity contribution in [3.8, 4) is 5.75 Å². The number of methoxy groups -OCH3 is 1. The molecule has 1 aromatic carbocycles. The van der Waals surface area contributed by atoms with Crippen LogP contribution in [0.3, 0.4) is 0 Å². The van der Waals surface area contributed by atoms with Crippen LogP contribution in [-0.2, 0) is 0 Å². The van der Waals surface area contributed by atoms with E-state index in [1.54, 1.807) is 7.11 Å². The summed E-state index contributed by atoms with van der Waals surface area (Å²) in [6.45, 7) is 2.32. The lowest BCUT2D eigenvalue weighted by Gasteiger charge is -2.30. The molecule has 0 radical (unpaired) electrons. The van der Waals surface area contributed by atoms with E-state index in [1.807, 2.05) is 18.2 Å². The van der Waals surface area contributed by atoms with Crippen LogP contribution in [0.4, 0.5) is 0 Å². The second-order valence-corrected chi connectivity index (χ2v) is 6.21. The third-order valence-electron chi connectivity index (χ3n) is 3.96. The van der Waals surface area contributed by atoms with Gasteiger partial charge in [0.05, 0.1) is 12.5 Å². The van der Waals surface area contributed by atoms with Crippen LogP contribution in [0.15, 0.2) is 18.2 Å². The van der Waals surface area contributed by atoms with Gasteiger partial charge in [0.2, 0.25) is 0 Å². The van der Waals surface area contributed by atoms with Crippen LogP contribution in [0.2, 0.25) is 5.02 Å². The van der Waals surface area contributed by atoms with Crippen LogP contribution in [0.1, 0.15) is 43.5 Å². The summed E-state index contributed by atoms with van der Waals surface area (Å²) >= 11 is 12.7. The van der Waals surface area contributed by atoms with E-state index in [0.717, 1.165) is 22.3 Å². The van der Waals surface area contributed by atoms with Crippen LogP contribution in [0.5, 0.6) is 5.75 Å². The first-order valence-electron chi connectivity index (χ1n) is 6.59. The zero-order valence-electron chi connectivity index (χ0n) is 11.0. The van der Waals surface area contributed by atoms with Crippen molar-refractivity contribution < 1.29 is 4.74 Å². The average Bonchev–Trinajstić information content (AvgIpc) is 2.39. The van der Waals surface area contributed by atoms with Gasteiger partial charge in [0.25, 0.3) is 0 Å². The molecule has 1 saturated carbocycles. The van der Waals surface area contributed by atoms with Gasteiger partial charge >= 0.3 is 0 Å². The van der Waals surface area contributed by atoms with Crippen molar-refractivity contribution in [1.29, 1.82) is 0 Å². The molecular formula is C15H20Cl2O.